The van der Waals surface area contributed by atoms with Gasteiger partial charge in [-0.1, -0.05) is 13.0 Å². The Morgan fingerprint density at radius 1 is 1.15 bits per heavy atom. The molecule has 1 amide bonds. The predicted molar refractivity (Wildman–Crippen MR) is 107 cm³/mol. The highest BCUT2D eigenvalue weighted by Crippen LogP contribution is 2.54. The molecule has 11 heteroatoms. The van der Waals surface area contributed by atoms with Crippen LogP contribution >= 0.6 is 0 Å². The minimum absolute atomic E-state index is 0.183. The Bertz CT molecular complexity index is 1130. The molecule has 1 aromatic rings. The van der Waals surface area contributed by atoms with E-state index in [0.717, 1.165) is 6.07 Å². The number of nitrogens with two attached hydrogens (primary N) is 1. The molecule has 10 nitrogen and oxygen atoms in total. The average molecular weight is 462 g/mol. The number of ketones is 4. The van der Waals surface area contributed by atoms with Gasteiger partial charge >= 0.3 is 0 Å². The van der Waals surface area contributed by atoms with Crippen LogP contribution in [0.25, 0.3) is 0 Å². The number of halogens is 1. The highest BCUT2D eigenvalue weighted by atomic mass is 19.1. The van der Waals surface area contributed by atoms with Crippen LogP contribution in [0.2, 0.25) is 0 Å². The van der Waals surface area contributed by atoms with E-state index in [1.54, 1.807) is 6.92 Å². The summed E-state index contributed by atoms with van der Waals surface area (Å²) < 4.78 is 14.0. The van der Waals surface area contributed by atoms with Crippen molar-refractivity contribution in [2.75, 3.05) is 14.1 Å². The summed E-state index contributed by atoms with van der Waals surface area (Å²) in [7, 11) is 2.82. The molecule has 8 atom stereocenters. The molecule has 3 aliphatic carbocycles. The standard InChI is InChI=1S/C22H23FN2O8/c1-6-7-4-5-8(23)15(26)10(7)16(27)11-9(6)17(28)13-14(25(2)3)18(29)12(21(24)32)20(31)22(13,33)19(11)30/h4-6,9,11-14,17,26,28,33H,1-3H3,(H2,24,32). The van der Waals surface area contributed by atoms with Gasteiger partial charge in [0.15, 0.2) is 46.2 Å². The zero-order valence-electron chi connectivity index (χ0n) is 18.0. The molecular weight excluding hydrogens is 439 g/mol. The van der Waals surface area contributed by atoms with Crippen molar-refractivity contribution in [2.45, 2.75) is 30.6 Å². The van der Waals surface area contributed by atoms with E-state index in [2.05, 4.69) is 0 Å². The summed E-state index contributed by atoms with van der Waals surface area (Å²) in [6.45, 7) is 1.55. The van der Waals surface area contributed by atoms with E-state index in [4.69, 9.17) is 5.73 Å². The fourth-order valence-electron chi connectivity index (χ4n) is 5.96. The third-order valence-corrected chi connectivity index (χ3v) is 7.44. The van der Waals surface area contributed by atoms with Crippen LogP contribution in [0.4, 0.5) is 4.39 Å². The highest BCUT2D eigenvalue weighted by molar-refractivity contribution is 6.32. The second-order valence-corrected chi connectivity index (χ2v) is 9.23. The van der Waals surface area contributed by atoms with E-state index in [1.165, 1.54) is 25.1 Å². The lowest BCUT2D eigenvalue weighted by Crippen LogP contribution is -2.77. The van der Waals surface area contributed by atoms with Gasteiger partial charge in [-0.05, 0) is 31.6 Å². The Hall–Kier alpha value is -3.02. The number of Topliss-reactive ketones (excluding diaryl/α,β-unsaturated/α-hetero) is 4. The maximum absolute atomic E-state index is 14.0. The van der Waals surface area contributed by atoms with Gasteiger partial charge in [-0.3, -0.25) is 28.9 Å². The number of phenols is 1. The normalized spacial score (nSPS) is 38.1. The molecular formula is C22H23FN2O8. The lowest BCUT2D eigenvalue weighted by Gasteiger charge is -2.55. The largest absolute Gasteiger partial charge is 0.504 e. The van der Waals surface area contributed by atoms with Crippen LogP contribution in [0.5, 0.6) is 5.75 Å². The van der Waals surface area contributed by atoms with Crippen LogP contribution in [0.15, 0.2) is 12.1 Å². The molecule has 0 aromatic heterocycles. The Kier molecular flexibility index (Phi) is 5.08. The van der Waals surface area contributed by atoms with Gasteiger partial charge in [0.2, 0.25) is 5.91 Å². The van der Waals surface area contributed by atoms with Crippen molar-refractivity contribution in [1.82, 2.24) is 4.90 Å². The Labute approximate surface area is 187 Å². The van der Waals surface area contributed by atoms with Gasteiger partial charge in [-0.2, -0.15) is 0 Å². The van der Waals surface area contributed by atoms with Gasteiger partial charge < -0.3 is 21.1 Å². The number of aliphatic hydroxyl groups is 2. The third-order valence-electron chi connectivity index (χ3n) is 7.44. The first-order valence-electron chi connectivity index (χ1n) is 10.3. The van der Waals surface area contributed by atoms with Crippen LogP contribution in [0.1, 0.15) is 28.8 Å². The van der Waals surface area contributed by atoms with Gasteiger partial charge in [0.05, 0.1) is 29.5 Å². The number of likely N-dealkylation sites (N-methyl/N-ethyl adjacent to an activating group) is 1. The minimum Gasteiger partial charge on any atom is -0.504 e. The Morgan fingerprint density at radius 2 is 1.76 bits per heavy atom. The molecule has 2 fully saturated rings. The number of benzene rings is 1. The number of carbonyl (C=O) groups is 5. The first kappa shape index (κ1) is 23.1. The molecule has 4 rings (SSSR count). The Morgan fingerprint density at radius 3 is 2.30 bits per heavy atom. The quantitative estimate of drug-likeness (QED) is 0.383. The number of rotatable bonds is 2. The molecule has 0 bridgehead atoms. The van der Waals surface area contributed by atoms with E-state index in [-0.39, 0.29) is 5.56 Å². The second-order valence-electron chi connectivity index (χ2n) is 9.23. The van der Waals surface area contributed by atoms with Crippen molar-refractivity contribution in [3.8, 4) is 5.75 Å². The summed E-state index contributed by atoms with van der Waals surface area (Å²) in [4.78, 5) is 66.3. The fraction of sp³-hybridized carbons (Fsp3) is 0.500. The van der Waals surface area contributed by atoms with Crippen molar-refractivity contribution >= 4 is 29.0 Å². The van der Waals surface area contributed by atoms with Gasteiger partial charge in [0.1, 0.15) is 0 Å². The first-order chi connectivity index (χ1) is 15.3. The van der Waals surface area contributed by atoms with Gasteiger partial charge in [-0.15, -0.1) is 0 Å². The highest BCUT2D eigenvalue weighted by Gasteiger charge is 2.72. The fourth-order valence-corrected chi connectivity index (χ4v) is 5.96. The number of aromatic hydroxyl groups is 1. The monoisotopic (exact) mass is 462 g/mol. The number of carbonyl (C=O) groups excluding carboxylic acids is 5. The number of primary amides is 1. The van der Waals surface area contributed by atoms with Gasteiger partial charge in [0.25, 0.3) is 0 Å². The number of hydrogen-bond donors (Lipinski definition) is 4. The summed E-state index contributed by atoms with van der Waals surface area (Å²) in [6.07, 6.45) is -1.72. The molecule has 176 valence electrons. The Balaban J connectivity index is 1.97. The number of nitrogens with zero attached hydrogens (tertiary/aromatic N) is 1. The van der Waals surface area contributed by atoms with Crippen molar-refractivity contribution < 1.29 is 43.7 Å². The number of phenolic OH excluding ortho intramolecular Hbond substituents is 1. The van der Waals surface area contributed by atoms with E-state index >= 15 is 0 Å². The van der Waals surface area contributed by atoms with Crippen molar-refractivity contribution in [1.29, 1.82) is 0 Å². The second kappa shape index (κ2) is 7.24. The number of hydrogen-bond acceptors (Lipinski definition) is 9. The minimum atomic E-state index is -3.07. The van der Waals surface area contributed by atoms with Crippen LogP contribution in [0, 0.1) is 29.5 Å². The molecule has 8 unspecified atom stereocenters. The first-order valence-corrected chi connectivity index (χ1v) is 10.3. The van der Waals surface area contributed by atoms with Crippen LogP contribution in [-0.4, -0.2) is 81.1 Å². The van der Waals surface area contributed by atoms with E-state index in [1.807, 2.05) is 0 Å². The van der Waals surface area contributed by atoms with E-state index in [9.17, 15) is 43.7 Å². The summed E-state index contributed by atoms with van der Waals surface area (Å²) >= 11 is 0. The molecule has 33 heavy (non-hydrogen) atoms. The molecule has 0 aliphatic heterocycles. The predicted octanol–water partition coefficient (Wildman–Crippen LogP) is -1.46. The van der Waals surface area contributed by atoms with Crippen molar-refractivity contribution in [3.05, 3.63) is 29.1 Å². The molecule has 0 saturated heterocycles. The topological polar surface area (TPSA) is 175 Å². The molecule has 3 aliphatic rings. The molecule has 5 N–H and O–H groups in total. The zero-order valence-corrected chi connectivity index (χ0v) is 18.0. The van der Waals surface area contributed by atoms with Gasteiger partial charge in [-0.25, -0.2) is 4.39 Å². The molecule has 0 radical (unpaired) electrons. The summed E-state index contributed by atoms with van der Waals surface area (Å²) in [5.41, 5.74) is 1.87. The summed E-state index contributed by atoms with van der Waals surface area (Å²) in [6, 6.07) is 0.764. The van der Waals surface area contributed by atoms with Crippen LogP contribution < -0.4 is 5.73 Å². The zero-order chi connectivity index (χ0) is 24.7. The summed E-state index contributed by atoms with van der Waals surface area (Å²) in [5, 5.41) is 33.0. The number of aliphatic hydroxyl groups excluding tert-OH is 1. The maximum Gasteiger partial charge on any atom is 0.235 e. The molecule has 0 spiro atoms. The van der Waals surface area contributed by atoms with E-state index < -0.39 is 93.5 Å². The number of fused-ring (bicyclic) bond motifs is 3. The lowest BCUT2D eigenvalue weighted by atomic mass is 9.49. The van der Waals surface area contributed by atoms with Gasteiger partial charge in [0, 0.05) is 5.92 Å². The van der Waals surface area contributed by atoms with Crippen LogP contribution in [0.3, 0.4) is 0 Å². The molecule has 0 heterocycles. The van der Waals surface area contributed by atoms with Crippen molar-refractivity contribution in [2.24, 2.45) is 29.4 Å². The third kappa shape index (κ3) is 2.73. The smallest absolute Gasteiger partial charge is 0.235 e. The molecule has 1 aromatic carbocycles. The number of amides is 1. The molecule has 2 saturated carbocycles. The lowest BCUT2D eigenvalue weighted by molar-refractivity contribution is -0.196. The maximum atomic E-state index is 14.0. The van der Waals surface area contributed by atoms with E-state index in [0.29, 0.717) is 0 Å². The SMILES string of the molecule is CC1c2ccc(F)c(O)c2C(=O)C2C(=O)C3(O)C(=O)C(C(N)=O)C(=O)C(N(C)C)C3C(O)C21. The van der Waals surface area contributed by atoms with Crippen LogP contribution in [-0.2, 0) is 19.2 Å². The summed E-state index contributed by atoms with van der Waals surface area (Å²) in [5.74, 6) is -15.9. The average Bonchev–Trinajstić information content (AvgIpc) is 2.72. The van der Waals surface area contributed by atoms with Crippen molar-refractivity contribution in [3.63, 3.8) is 0 Å².